The van der Waals surface area contributed by atoms with Crippen molar-refractivity contribution in [1.82, 2.24) is 0 Å². The Hall–Kier alpha value is -1.51. The highest BCUT2D eigenvalue weighted by Gasteiger charge is 2.43. The second-order valence-electron chi connectivity index (χ2n) is 4.74. The predicted octanol–water partition coefficient (Wildman–Crippen LogP) is 2.45. The molecule has 1 aliphatic heterocycles. The molecule has 1 heterocycles. The van der Waals surface area contributed by atoms with E-state index in [1.54, 1.807) is 0 Å². The number of rotatable bonds is 1. The van der Waals surface area contributed by atoms with Gasteiger partial charge in [0.2, 0.25) is 0 Å². The number of benzene rings is 1. The smallest absolute Gasteiger partial charge is 0.309 e. The van der Waals surface area contributed by atoms with E-state index in [4.69, 9.17) is 0 Å². The molecule has 2 aliphatic rings. The zero-order valence-corrected chi connectivity index (χ0v) is 9.02. The highest BCUT2D eigenvalue weighted by Crippen LogP contribution is 2.45. The van der Waals surface area contributed by atoms with Crippen LogP contribution in [0.15, 0.2) is 24.3 Å². The van der Waals surface area contributed by atoms with Crippen molar-refractivity contribution >= 4 is 11.7 Å². The summed E-state index contributed by atoms with van der Waals surface area (Å²) in [6.07, 6.45) is 3.11. The number of hydrogen-bond donors (Lipinski definition) is 2. The van der Waals surface area contributed by atoms with E-state index in [2.05, 4.69) is 17.4 Å². The van der Waals surface area contributed by atoms with Crippen LogP contribution < -0.4 is 5.32 Å². The first-order chi connectivity index (χ1) is 7.77. The molecule has 0 spiro atoms. The minimum atomic E-state index is -0.656. The molecule has 0 aromatic heterocycles. The van der Waals surface area contributed by atoms with Gasteiger partial charge in [0, 0.05) is 17.6 Å². The van der Waals surface area contributed by atoms with Crippen molar-refractivity contribution < 1.29 is 9.90 Å². The Labute approximate surface area is 94.5 Å². The van der Waals surface area contributed by atoms with Gasteiger partial charge in [0.05, 0.1) is 5.92 Å². The number of carbonyl (C=O) groups is 1. The van der Waals surface area contributed by atoms with Crippen LogP contribution in [-0.2, 0) is 4.79 Å². The molecular weight excluding hydrogens is 202 g/mol. The van der Waals surface area contributed by atoms with Crippen LogP contribution in [0.4, 0.5) is 5.69 Å². The normalized spacial score (nSPS) is 31.4. The molecule has 1 unspecified atom stereocenters. The van der Waals surface area contributed by atoms with Crippen LogP contribution in [0.25, 0.3) is 0 Å². The van der Waals surface area contributed by atoms with Crippen molar-refractivity contribution in [1.29, 1.82) is 0 Å². The van der Waals surface area contributed by atoms with Crippen molar-refractivity contribution in [2.24, 2.45) is 5.92 Å². The summed E-state index contributed by atoms with van der Waals surface area (Å²) in [5.74, 6) is -0.700. The Balaban J connectivity index is 2.07. The standard InChI is InChI=1S/C13H15NO2/c15-13(16)12-9-5-3-7-11(12)14-10-6-2-1-4-8(9)10/h1-2,4,6,9,11-12,14H,3,5,7H2,(H,15,16)/t9-,11+,12?/m1/s1. The van der Waals surface area contributed by atoms with Gasteiger partial charge in [0.15, 0.2) is 0 Å². The number of para-hydroxylation sites is 1. The molecule has 0 radical (unpaired) electrons. The maximum absolute atomic E-state index is 11.3. The maximum atomic E-state index is 11.3. The molecule has 16 heavy (non-hydrogen) atoms. The number of carboxylic acid groups (broad SMARTS) is 1. The summed E-state index contributed by atoms with van der Waals surface area (Å²) < 4.78 is 0. The van der Waals surface area contributed by atoms with Gasteiger partial charge in [0.25, 0.3) is 0 Å². The van der Waals surface area contributed by atoms with Gasteiger partial charge < -0.3 is 10.4 Å². The molecule has 1 saturated carbocycles. The van der Waals surface area contributed by atoms with E-state index in [9.17, 15) is 9.90 Å². The lowest BCUT2D eigenvalue weighted by Crippen LogP contribution is -2.45. The number of aliphatic carboxylic acids is 1. The molecule has 84 valence electrons. The number of nitrogens with one attached hydrogen (secondary N) is 1. The molecule has 3 atom stereocenters. The van der Waals surface area contributed by atoms with Crippen LogP contribution in [0.2, 0.25) is 0 Å². The molecule has 3 heteroatoms. The molecule has 2 N–H and O–H groups in total. The van der Waals surface area contributed by atoms with Gasteiger partial charge in [-0.15, -0.1) is 0 Å². The molecule has 0 amide bonds. The number of fused-ring (bicyclic) bond motifs is 4. The zero-order chi connectivity index (χ0) is 11.1. The SMILES string of the molecule is O=C(O)C1[C@@H]2CCC[C@@H]1c1ccccc1N2. The van der Waals surface area contributed by atoms with E-state index in [1.807, 2.05) is 12.1 Å². The maximum Gasteiger partial charge on any atom is 0.309 e. The van der Waals surface area contributed by atoms with Crippen molar-refractivity contribution in [3.8, 4) is 0 Å². The van der Waals surface area contributed by atoms with E-state index >= 15 is 0 Å². The average Bonchev–Trinajstić information content (AvgIpc) is 2.28. The summed E-state index contributed by atoms with van der Waals surface area (Å²) in [6.45, 7) is 0. The highest BCUT2D eigenvalue weighted by atomic mass is 16.4. The molecule has 3 rings (SSSR count). The largest absolute Gasteiger partial charge is 0.481 e. The van der Waals surface area contributed by atoms with Gasteiger partial charge in [-0.1, -0.05) is 24.6 Å². The minimum Gasteiger partial charge on any atom is -0.481 e. The summed E-state index contributed by atoms with van der Waals surface area (Å²) in [5.41, 5.74) is 2.32. The van der Waals surface area contributed by atoms with Crippen LogP contribution in [0, 0.1) is 5.92 Å². The van der Waals surface area contributed by atoms with Crippen LogP contribution in [0.5, 0.6) is 0 Å². The summed E-state index contributed by atoms with van der Waals surface area (Å²) in [7, 11) is 0. The minimum absolute atomic E-state index is 0.117. The molecule has 3 nitrogen and oxygen atoms in total. The van der Waals surface area contributed by atoms with Crippen molar-refractivity contribution in [3.63, 3.8) is 0 Å². The Morgan fingerprint density at radius 2 is 2.12 bits per heavy atom. The molecule has 1 aromatic rings. The molecule has 2 bridgehead atoms. The van der Waals surface area contributed by atoms with Gasteiger partial charge in [0.1, 0.15) is 0 Å². The van der Waals surface area contributed by atoms with Crippen LogP contribution in [0.1, 0.15) is 30.7 Å². The lowest BCUT2D eigenvalue weighted by atomic mass is 9.69. The van der Waals surface area contributed by atoms with E-state index in [-0.39, 0.29) is 17.9 Å². The molecule has 1 aromatic carbocycles. The number of hydrogen-bond acceptors (Lipinski definition) is 2. The third kappa shape index (κ3) is 1.31. The zero-order valence-electron chi connectivity index (χ0n) is 9.02. The summed E-state index contributed by atoms with van der Waals surface area (Å²) in [5, 5.41) is 12.7. The molecule has 1 aliphatic carbocycles. The Morgan fingerprint density at radius 3 is 2.94 bits per heavy atom. The fourth-order valence-electron chi connectivity index (χ4n) is 3.20. The fourth-order valence-corrected chi connectivity index (χ4v) is 3.20. The van der Waals surface area contributed by atoms with Gasteiger partial charge in [-0.25, -0.2) is 0 Å². The van der Waals surface area contributed by atoms with Crippen LogP contribution in [0.3, 0.4) is 0 Å². The monoisotopic (exact) mass is 217 g/mol. The highest BCUT2D eigenvalue weighted by molar-refractivity contribution is 5.76. The van der Waals surface area contributed by atoms with Gasteiger partial charge in [-0.2, -0.15) is 0 Å². The van der Waals surface area contributed by atoms with Gasteiger partial charge >= 0.3 is 5.97 Å². The quantitative estimate of drug-likeness (QED) is 0.759. The molecular formula is C13H15NO2. The lowest BCUT2D eigenvalue weighted by molar-refractivity contribution is -0.144. The third-order valence-electron chi connectivity index (χ3n) is 3.88. The second-order valence-corrected chi connectivity index (χ2v) is 4.74. The Kier molecular flexibility index (Phi) is 2.13. The predicted molar refractivity (Wildman–Crippen MR) is 61.6 cm³/mol. The first-order valence-electron chi connectivity index (χ1n) is 5.85. The first-order valence-corrected chi connectivity index (χ1v) is 5.85. The Morgan fingerprint density at radius 1 is 1.31 bits per heavy atom. The van der Waals surface area contributed by atoms with E-state index in [1.165, 1.54) is 5.56 Å². The number of carboxylic acids is 1. The lowest BCUT2D eigenvalue weighted by Gasteiger charge is -2.42. The Bertz CT molecular complexity index is 430. The topological polar surface area (TPSA) is 49.3 Å². The van der Waals surface area contributed by atoms with Crippen molar-refractivity contribution in [2.45, 2.75) is 31.2 Å². The van der Waals surface area contributed by atoms with E-state index in [0.29, 0.717) is 0 Å². The van der Waals surface area contributed by atoms with Gasteiger partial charge in [-0.3, -0.25) is 4.79 Å². The second kappa shape index (κ2) is 3.51. The molecule has 0 saturated heterocycles. The molecule has 1 fully saturated rings. The van der Waals surface area contributed by atoms with Crippen molar-refractivity contribution in [2.75, 3.05) is 5.32 Å². The van der Waals surface area contributed by atoms with Gasteiger partial charge in [-0.05, 0) is 24.5 Å². The van der Waals surface area contributed by atoms with Crippen molar-refractivity contribution in [3.05, 3.63) is 29.8 Å². The summed E-state index contributed by atoms with van der Waals surface area (Å²) >= 11 is 0. The fraction of sp³-hybridized carbons (Fsp3) is 0.462. The average molecular weight is 217 g/mol. The summed E-state index contributed by atoms with van der Waals surface area (Å²) in [4.78, 5) is 11.3. The van der Waals surface area contributed by atoms with Crippen LogP contribution >= 0.6 is 0 Å². The van der Waals surface area contributed by atoms with E-state index in [0.717, 1.165) is 24.9 Å². The summed E-state index contributed by atoms with van der Waals surface area (Å²) in [6, 6.07) is 8.23. The third-order valence-corrected chi connectivity index (χ3v) is 3.88. The van der Waals surface area contributed by atoms with E-state index < -0.39 is 5.97 Å². The number of anilines is 1. The first kappa shape index (κ1) is 9.70. The van der Waals surface area contributed by atoms with Crippen LogP contribution in [-0.4, -0.2) is 17.1 Å².